The zero-order valence-electron chi connectivity index (χ0n) is 16.8. The number of anilines is 1. The van der Waals surface area contributed by atoms with E-state index in [0.717, 1.165) is 35.3 Å². The van der Waals surface area contributed by atoms with Gasteiger partial charge in [0.05, 0.1) is 25.8 Å². The highest BCUT2D eigenvalue weighted by molar-refractivity contribution is 7.17. The van der Waals surface area contributed by atoms with Gasteiger partial charge in [0, 0.05) is 11.4 Å². The number of fused-ring (bicyclic) bond motifs is 1. The van der Waals surface area contributed by atoms with Gasteiger partial charge in [-0.3, -0.25) is 9.69 Å². The Bertz CT molecular complexity index is 912. The summed E-state index contributed by atoms with van der Waals surface area (Å²) >= 11 is 1.45. The summed E-state index contributed by atoms with van der Waals surface area (Å²) in [6.07, 6.45) is 2.77. The molecule has 0 aliphatic heterocycles. The van der Waals surface area contributed by atoms with Crippen LogP contribution >= 0.6 is 11.3 Å². The Hall–Kier alpha value is -2.45. The van der Waals surface area contributed by atoms with Gasteiger partial charge >= 0.3 is 5.97 Å². The van der Waals surface area contributed by atoms with Gasteiger partial charge in [-0.1, -0.05) is 6.07 Å². The van der Waals surface area contributed by atoms with Crippen LogP contribution in [0.2, 0.25) is 0 Å². The third-order valence-electron chi connectivity index (χ3n) is 4.74. The second-order valence-electron chi connectivity index (χ2n) is 6.97. The molecule has 156 valence electrons. The Balaban J connectivity index is 1.65. The lowest BCUT2D eigenvalue weighted by molar-refractivity contribution is -0.117. The molecule has 0 bridgehead atoms. The minimum absolute atomic E-state index is 0.110. The average molecular weight is 421 g/mol. The fourth-order valence-corrected chi connectivity index (χ4v) is 4.79. The first kappa shape index (κ1) is 21.3. The second kappa shape index (κ2) is 9.37. The zero-order chi connectivity index (χ0) is 21.0. The first-order chi connectivity index (χ1) is 13.9. The van der Waals surface area contributed by atoms with E-state index < -0.39 is 5.82 Å². The lowest BCUT2D eigenvalue weighted by atomic mass is 10.1. The Morgan fingerprint density at radius 2 is 2.10 bits per heavy atom. The van der Waals surface area contributed by atoms with E-state index in [-0.39, 0.29) is 30.8 Å². The predicted octanol–water partition coefficient (Wildman–Crippen LogP) is 3.63. The molecule has 1 heterocycles. The van der Waals surface area contributed by atoms with Crippen molar-refractivity contribution in [1.29, 1.82) is 0 Å². The molecule has 29 heavy (non-hydrogen) atoms. The van der Waals surface area contributed by atoms with Crippen molar-refractivity contribution < 1.29 is 23.5 Å². The number of ether oxygens (including phenoxy) is 2. The molecule has 1 aromatic heterocycles. The van der Waals surface area contributed by atoms with Gasteiger partial charge in [-0.25, -0.2) is 9.18 Å². The van der Waals surface area contributed by atoms with E-state index in [2.05, 4.69) is 5.32 Å². The number of halogens is 1. The second-order valence-corrected chi connectivity index (χ2v) is 8.08. The van der Waals surface area contributed by atoms with Crippen molar-refractivity contribution in [3.63, 3.8) is 0 Å². The molecule has 0 saturated heterocycles. The fourth-order valence-electron chi connectivity index (χ4n) is 3.50. The number of rotatable bonds is 8. The first-order valence-electron chi connectivity index (χ1n) is 9.55. The summed E-state index contributed by atoms with van der Waals surface area (Å²) < 4.78 is 24.0. The van der Waals surface area contributed by atoms with Gasteiger partial charge < -0.3 is 14.8 Å². The van der Waals surface area contributed by atoms with E-state index in [1.807, 2.05) is 0 Å². The lowest BCUT2D eigenvalue weighted by Gasteiger charge is -2.17. The van der Waals surface area contributed by atoms with E-state index in [1.54, 1.807) is 31.0 Å². The van der Waals surface area contributed by atoms with Gasteiger partial charge in [0.1, 0.15) is 5.00 Å². The maximum Gasteiger partial charge on any atom is 0.341 e. The summed E-state index contributed by atoms with van der Waals surface area (Å²) in [7, 11) is 3.20. The molecule has 1 aliphatic rings. The molecule has 1 aliphatic carbocycles. The summed E-state index contributed by atoms with van der Waals surface area (Å²) in [6, 6.07) is 4.73. The van der Waals surface area contributed by atoms with Gasteiger partial charge in [0.25, 0.3) is 0 Å². The van der Waals surface area contributed by atoms with E-state index in [9.17, 15) is 14.0 Å². The highest BCUT2D eigenvalue weighted by atomic mass is 32.1. The van der Waals surface area contributed by atoms with Crippen LogP contribution in [0, 0.1) is 5.82 Å². The van der Waals surface area contributed by atoms with Crippen molar-refractivity contribution in [2.75, 3.05) is 32.6 Å². The summed E-state index contributed by atoms with van der Waals surface area (Å²) in [4.78, 5) is 27.9. The number of hydrogen-bond donors (Lipinski definition) is 1. The summed E-state index contributed by atoms with van der Waals surface area (Å²) in [5, 5.41) is 3.43. The van der Waals surface area contributed by atoms with Crippen LogP contribution in [-0.4, -0.2) is 44.1 Å². The molecule has 6 nitrogen and oxygen atoms in total. The number of benzene rings is 1. The van der Waals surface area contributed by atoms with Crippen molar-refractivity contribution in [2.45, 2.75) is 32.7 Å². The van der Waals surface area contributed by atoms with Crippen LogP contribution < -0.4 is 10.1 Å². The van der Waals surface area contributed by atoms with Crippen LogP contribution in [0.1, 0.15) is 39.7 Å². The quantitative estimate of drug-likeness (QED) is 0.661. The topological polar surface area (TPSA) is 67.9 Å². The van der Waals surface area contributed by atoms with Gasteiger partial charge in [-0.2, -0.15) is 0 Å². The maximum absolute atomic E-state index is 13.8. The molecule has 1 amide bonds. The van der Waals surface area contributed by atoms with Crippen LogP contribution in [0.4, 0.5) is 9.39 Å². The van der Waals surface area contributed by atoms with Gasteiger partial charge in [0.2, 0.25) is 5.91 Å². The summed E-state index contributed by atoms with van der Waals surface area (Å²) in [5.41, 5.74) is 2.24. The van der Waals surface area contributed by atoms with E-state index in [0.29, 0.717) is 17.1 Å². The van der Waals surface area contributed by atoms with Crippen LogP contribution in [-0.2, 0) is 28.9 Å². The number of hydrogen-bond acceptors (Lipinski definition) is 6. The van der Waals surface area contributed by atoms with E-state index in [1.165, 1.54) is 24.5 Å². The normalized spacial score (nSPS) is 12.7. The SMILES string of the molecule is CCOC(=O)c1c(NC(=O)CN(C)Cc2ccc(OC)c(F)c2)sc2c1CCC2. The molecule has 2 aromatic rings. The highest BCUT2D eigenvalue weighted by Gasteiger charge is 2.28. The third-order valence-corrected chi connectivity index (χ3v) is 5.94. The molecule has 0 spiro atoms. The minimum Gasteiger partial charge on any atom is -0.494 e. The van der Waals surface area contributed by atoms with Gasteiger partial charge in [0.15, 0.2) is 11.6 Å². The molecule has 0 saturated carbocycles. The number of carbonyl (C=O) groups is 2. The molecule has 0 radical (unpaired) electrons. The average Bonchev–Trinajstić information content (AvgIpc) is 3.22. The molecule has 1 N–H and O–H groups in total. The molecule has 0 unspecified atom stereocenters. The molecule has 1 aromatic carbocycles. The van der Waals surface area contributed by atoms with Crippen molar-refractivity contribution in [3.05, 3.63) is 45.6 Å². The number of amides is 1. The van der Waals surface area contributed by atoms with Crippen LogP contribution in [0.25, 0.3) is 0 Å². The summed E-state index contributed by atoms with van der Waals surface area (Å²) in [5.74, 6) is -0.863. The molecular formula is C21H25FN2O4S. The fraction of sp³-hybridized carbons (Fsp3) is 0.429. The van der Waals surface area contributed by atoms with Crippen LogP contribution in [0.5, 0.6) is 5.75 Å². The van der Waals surface area contributed by atoms with Crippen molar-refractivity contribution in [1.82, 2.24) is 4.90 Å². The number of likely N-dealkylation sites (N-methyl/N-ethyl adjacent to an activating group) is 1. The number of thiophene rings is 1. The Morgan fingerprint density at radius 3 is 2.79 bits per heavy atom. The largest absolute Gasteiger partial charge is 0.494 e. The molecular weight excluding hydrogens is 395 g/mol. The molecule has 0 atom stereocenters. The van der Waals surface area contributed by atoms with Crippen molar-refractivity contribution in [2.24, 2.45) is 0 Å². The predicted molar refractivity (Wildman–Crippen MR) is 110 cm³/mol. The smallest absolute Gasteiger partial charge is 0.341 e. The Morgan fingerprint density at radius 1 is 1.31 bits per heavy atom. The van der Waals surface area contributed by atoms with E-state index >= 15 is 0 Å². The lowest BCUT2D eigenvalue weighted by Crippen LogP contribution is -2.30. The molecule has 3 rings (SSSR count). The molecule has 8 heteroatoms. The molecule has 0 fully saturated rings. The van der Waals surface area contributed by atoms with E-state index in [4.69, 9.17) is 9.47 Å². The minimum atomic E-state index is -0.435. The van der Waals surface area contributed by atoms with Crippen LogP contribution in [0.15, 0.2) is 18.2 Å². The number of aryl methyl sites for hydroxylation is 1. The van der Waals surface area contributed by atoms with Crippen molar-refractivity contribution in [3.8, 4) is 5.75 Å². The summed E-state index contributed by atoms with van der Waals surface area (Å²) in [6.45, 7) is 2.57. The van der Waals surface area contributed by atoms with Gasteiger partial charge in [-0.15, -0.1) is 11.3 Å². The number of nitrogens with one attached hydrogen (secondary N) is 1. The van der Waals surface area contributed by atoms with Crippen LogP contribution in [0.3, 0.4) is 0 Å². The standard InChI is InChI=1S/C21H25FN2O4S/c1-4-28-21(26)19-14-6-5-7-17(14)29-20(19)23-18(25)12-24(2)11-13-8-9-16(27-3)15(22)10-13/h8-10H,4-7,11-12H2,1-3H3,(H,23,25). The first-order valence-corrected chi connectivity index (χ1v) is 10.4. The third kappa shape index (κ3) is 4.94. The number of nitrogens with zero attached hydrogens (tertiary/aromatic N) is 1. The highest BCUT2D eigenvalue weighted by Crippen LogP contribution is 2.39. The Labute approximate surface area is 173 Å². The number of esters is 1. The number of carbonyl (C=O) groups excluding carboxylic acids is 2. The Kier molecular flexibility index (Phi) is 6.87. The van der Waals surface area contributed by atoms with Crippen molar-refractivity contribution >= 4 is 28.2 Å². The number of methoxy groups -OCH3 is 1. The van der Waals surface area contributed by atoms with Gasteiger partial charge in [-0.05, 0) is 56.5 Å². The maximum atomic E-state index is 13.8. The zero-order valence-corrected chi connectivity index (χ0v) is 17.7. The monoisotopic (exact) mass is 420 g/mol.